The van der Waals surface area contributed by atoms with Crippen molar-refractivity contribution in [3.63, 3.8) is 0 Å². The molecule has 1 saturated heterocycles. The molecule has 2 N–H and O–H groups in total. The predicted octanol–water partition coefficient (Wildman–Crippen LogP) is 2.89. The lowest BCUT2D eigenvalue weighted by molar-refractivity contribution is 0.0867. The first-order valence-electron chi connectivity index (χ1n) is 7.29. The number of piperidine rings is 1. The fourth-order valence-electron chi connectivity index (χ4n) is 3.29. The first-order chi connectivity index (χ1) is 10.1. The first-order valence-corrected chi connectivity index (χ1v) is 8.89. The number of nitrogens with one attached hydrogen (secondary N) is 2. The molecule has 0 bridgehead atoms. The number of thioether (sulfide) groups is 1. The van der Waals surface area contributed by atoms with E-state index in [1.54, 1.807) is 0 Å². The van der Waals surface area contributed by atoms with Crippen molar-refractivity contribution in [2.45, 2.75) is 62.8 Å². The lowest BCUT2D eigenvalue weighted by Crippen LogP contribution is -2.62. The quantitative estimate of drug-likeness (QED) is 0.653. The SMILES string of the molecule is CSc1ncc(Cl)c(C(=O)NC2CC(C)(C)NC(C)(C)C2)n1. The van der Waals surface area contributed by atoms with E-state index in [1.807, 2.05) is 6.26 Å². The van der Waals surface area contributed by atoms with Crippen LogP contribution in [0, 0.1) is 0 Å². The monoisotopic (exact) mass is 342 g/mol. The lowest BCUT2D eigenvalue weighted by Gasteiger charge is -2.46. The number of amides is 1. The summed E-state index contributed by atoms with van der Waals surface area (Å²) in [7, 11) is 0. The Bertz CT molecular complexity index is 561. The molecule has 22 heavy (non-hydrogen) atoms. The van der Waals surface area contributed by atoms with Gasteiger partial charge in [-0.3, -0.25) is 4.79 Å². The van der Waals surface area contributed by atoms with Gasteiger partial charge in [-0.05, 0) is 46.8 Å². The molecular weight excluding hydrogens is 320 g/mol. The summed E-state index contributed by atoms with van der Waals surface area (Å²) in [6.07, 6.45) is 5.06. The van der Waals surface area contributed by atoms with Gasteiger partial charge in [-0.1, -0.05) is 23.4 Å². The van der Waals surface area contributed by atoms with Crippen LogP contribution in [0.1, 0.15) is 51.0 Å². The van der Waals surface area contributed by atoms with Gasteiger partial charge in [0.05, 0.1) is 11.2 Å². The third kappa shape index (κ3) is 4.33. The maximum atomic E-state index is 12.5. The summed E-state index contributed by atoms with van der Waals surface area (Å²) in [5, 5.41) is 7.50. The molecule has 0 aliphatic carbocycles. The van der Waals surface area contributed by atoms with Crippen molar-refractivity contribution in [2.24, 2.45) is 0 Å². The number of hydrogen-bond acceptors (Lipinski definition) is 5. The van der Waals surface area contributed by atoms with Crippen LogP contribution in [0.2, 0.25) is 5.02 Å². The van der Waals surface area contributed by atoms with Crippen LogP contribution in [-0.2, 0) is 0 Å². The van der Waals surface area contributed by atoms with E-state index in [0.717, 1.165) is 12.8 Å². The van der Waals surface area contributed by atoms with Gasteiger partial charge in [0, 0.05) is 17.1 Å². The molecule has 7 heteroatoms. The molecule has 1 aromatic heterocycles. The van der Waals surface area contributed by atoms with Crippen LogP contribution in [0.4, 0.5) is 0 Å². The van der Waals surface area contributed by atoms with E-state index in [1.165, 1.54) is 18.0 Å². The van der Waals surface area contributed by atoms with Gasteiger partial charge in [0.1, 0.15) is 0 Å². The zero-order valence-electron chi connectivity index (χ0n) is 13.7. The van der Waals surface area contributed by atoms with E-state index in [0.29, 0.717) is 5.16 Å². The van der Waals surface area contributed by atoms with Crippen molar-refractivity contribution in [1.82, 2.24) is 20.6 Å². The Morgan fingerprint density at radius 3 is 2.50 bits per heavy atom. The van der Waals surface area contributed by atoms with Gasteiger partial charge in [-0.25, -0.2) is 9.97 Å². The van der Waals surface area contributed by atoms with Crippen LogP contribution in [0.25, 0.3) is 0 Å². The highest BCUT2D eigenvalue weighted by Gasteiger charge is 2.38. The van der Waals surface area contributed by atoms with Gasteiger partial charge in [0.25, 0.3) is 5.91 Å². The zero-order chi connectivity index (χ0) is 16.5. The van der Waals surface area contributed by atoms with Crippen LogP contribution < -0.4 is 10.6 Å². The highest BCUT2D eigenvalue weighted by Crippen LogP contribution is 2.29. The molecule has 0 saturated carbocycles. The van der Waals surface area contributed by atoms with Crippen molar-refractivity contribution in [3.8, 4) is 0 Å². The van der Waals surface area contributed by atoms with Crippen molar-refractivity contribution in [1.29, 1.82) is 0 Å². The molecule has 1 fully saturated rings. The third-order valence-corrected chi connectivity index (χ3v) is 4.48. The van der Waals surface area contributed by atoms with Gasteiger partial charge in [0.2, 0.25) is 0 Å². The van der Waals surface area contributed by atoms with E-state index < -0.39 is 0 Å². The smallest absolute Gasteiger partial charge is 0.271 e. The topological polar surface area (TPSA) is 66.9 Å². The second-order valence-corrected chi connectivity index (χ2v) is 8.21. The first kappa shape index (κ1) is 17.5. The van der Waals surface area contributed by atoms with E-state index >= 15 is 0 Å². The summed E-state index contributed by atoms with van der Waals surface area (Å²) in [5.41, 5.74) is 0.189. The Labute approximate surface area is 141 Å². The number of nitrogens with zero attached hydrogens (tertiary/aromatic N) is 2. The molecule has 0 aromatic carbocycles. The minimum Gasteiger partial charge on any atom is -0.348 e. The average Bonchev–Trinajstić information content (AvgIpc) is 2.35. The summed E-state index contributed by atoms with van der Waals surface area (Å²) in [6.45, 7) is 8.60. The van der Waals surface area contributed by atoms with Crippen LogP contribution in [0.3, 0.4) is 0 Å². The number of aromatic nitrogens is 2. The van der Waals surface area contributed by atoms with Crippen LogP contribution in [0.15, 0.2) is 11.4 Å². The Morgan fingerprint density at radius 2 is 1.95 bits per heavy atom. The Morgan fingerprint density at radius 1 is 1.36 bits per heavy atom. The normalized spacial score (nSPS) is 20.6. The molecule has 122 valence electrons. The second kappa shape index (κ2) is 6.34. The second-order valence-electron chi connectivity index (χ2n) is 7.02. The number of rotatable bonds is 3. The van der Waals surface area contributed by atoms with Gasteiger partial charge in [-0.15, -0.1) is 0 Å². The molecule has 1 aliphatic rings. The summed E-state index contributed by atoms with van der Waals surface area (Å²) in [5.74, 6) is -0.235. The van der Waals surface area contributed by atoms with Crippen LogP contribution >= 0.6 is 23.4 Å². The minimum absolute atomic E-state index is 0.0282. The predicted molar refractivity (Wildman–Crippen MR) is 90.6 cm³/mol. The molecular formula is C15H23ClN4OS. The minimum atomic E-state index is -0.235. The third-order valence-electron chi connectivity index (χ3n) is 3.65. The number of halogens is 1. The maximum Gasteiger partial charge on any atom is 0.271 e. The van der Waals surface area contributed by atoms with Gasteiger partial charge >= 0.3 is 0 Å². The molecule has 1 aromatic rings. The number of carbonyl (C=O) groups excluding carboxylic acids is 1. The van der Waals surface area contributed by atoms with E-state index in [4.69, 9.17) is 11.6 Å². The summed E-state index contributed by atoms with van der Waals surface area (Å²) in [6, 6.07) is 0.0857. The number of hydrogen-bond donors (Lipinski definition) is 2. The highest BCUT2D eigenvalue weighted by molar-refractivity contribution is 7.98. The summed E-state index contributed by atoms with van der Waals surface area (Å²) in [4.78, 5) is 20.8. The standard InChI is InChI=1S/C15H23ClN4OS/c1-14(2)6-9(7-15(3,4)20-14)18-12(21)11-10(16)8-17-13(19-11)22-5/h8-9,20H,6-7H2,1-5H3,(H,18,21). The molecule has 1 amide bonds. The van der Waals surface area contributed by atoms with Crippen LogP contribution in [-0.4, -0.2) is 39.3 Å². The molecule has 0 spiro atoms. The largest absolute Gasteiger partial charge is 0.348 e. The molecule has 0 unspecified atom stereocenters. The highest BCUT2D eigenvalue weighted by atomic mass is 35.5. The van der Waals surface area contributed by atoms with Crippen LogP contribution in [0.5, 0.6) is 0 Å². The van der Waals surface area contributed by atoms with Crippen molar-refractivity contribution < 1.29 is 4.79 Å². The average molecular weight is 343 g/mol. The van der Waals surface area contributed by atoms with E-state index in [2.05, 4.69) is 48.3 Å². The van der Waals surface area contributed by atoms with Crippen molar-refractivity contribution in [3.05, 3.63) is 16.9 Å². The Kier molecular flexibility index (Phi) is 5.04. The van der Waals surface area contributed by atoms with Gasteiger partial charge < -0.3 is 10.6 Å². The summed E-state index contributed by atoms with van der Waals surface area (Å²) >= 11 is 7.45. The van der Waals surface area contributed by atoms with Crippen molar-refractivity contribution in [2.75, 3.05) is 6.26 Å². The molecule has 5 nitrogen and oxygen atoms in total. The van der Waals surface area contributed by atoms with Gasteiger partial charge in [0.15, 0.2) is 10.9 Å². The Hall–Kier alpha value is -0.850. The fourth-order valence-corrected chi connectivity index (χ4v) is 3.80. The maximum absolute atomic E-state index is 12.5. The van der Waals surface area contributed by atoms with Gasteiger partial charge in [-0.2, -0.15) is 0 Å². The number of carbonyl (C=O) groups is 1. The molecule has 1 aliphatic heterocycles. The van der Waals surface area contributed by atoms with E-state index in [-0.39, 0.29) is 33.7 Å². The lowest BCUT2D eigenvalue weighted by atomic mass is 9.79. The van der Waals surface area contributed by atoms with Crippen molar-refractivity contribution >= 4 is 29.3 Å². The molecule has 2 rings (SSSR count). The molecule has 2 heterocycles. The summed E-state index contributed by atoms with van der Waals surface area (Å²) < 4.78 is 0. The Balaban J connectivity index is 2.15. The fraction of sp³-hybridized carbons (Fsp3) is 0.667. The van der Waals surface area contributed by atoms with E-state index in [9.17, 15) is 4.79 Å². The molecule has 0 atom stereocenters. The zero-order valence-corrected chi connectivity index (χ0v) is 15.2. The molecule has 0 radical (unpaired) electrons.